The summed E-state index contributed by atoms with van der Waals surface area (Å²) in [6.07, 6.45) is 4.97. The average molecular weight is 238 g/mol. The highest BCUT2D eigenvalue weighted by Gasteiger charge is 2.07. The molecule has 1 atom stereocenters. The van der Waals surface area contributed by atoms with Crippen molar-refractivity contribution in [3.8, 4) is 0 Å². The Morgan fingerprint density at radius 1 is 1.56 bits per heavy atom. The van der Waals surface area contributed by atoms with E-state index in [0.717, 1.165) is 19.3 Å². The molecule has 5 heteroatoms. The van der Waals surface area contributed by atoms with Gasteiger partial charge in [0.2, 0.25) is 5.95 Å². The first-order valence-electron chi connectivity index (χ1n) is 5.56. The fourth-order valence-corrected chi connectivity index (χ4v) is 1.59. The number of nitrogens with two attached hydrogens (primary N) is 1. The molecular weight excluding hydrogens is 220 g/mol. The molecule has 1 aromatic rings. The van der Waals surface area contributed by atoms with Crippen LogP contribution in [0, 0.1) is 0 Å². The Morgan fingerprint density at radius 3 is 2.88 bits per heavy atom. The first-order valence-corrected chi connectivity index (χ1v) is 5.97. The van der Waals surface area contributed by atoms with Gasteiger partial charge >= 0.3 is 0 Å². The van der Waals surface area contributed by atoms with Crippen LogP contribution in [0.2, 0.25) is 0 Å². The summed E-state index contributed by atoms with van der Waals surface area (Å²) in [4.78, 5) is 8.71. The van der Waals surface area contributed by atoms with Crippen molar-refractivity contribution in [1.29, 1.82) is 0 Å². The normalized spacial score (nSPS) is 12.1. The number of hydrogen-bond acceptors (Lipinski definition) is 4. The van der Waals surface area contributed by atoms with Gasteiger partial charge in [0.25, 0.3) is 0 Å². The molecular formula is C11H18N4S. The van der Waals surface area contributed by atoms with Crippen molar-refractivity contribution in [2.45, 2.75) is 39.2 Å². The highest BCUT2D eigenvalue weighted by atomic mass is 32.1. The minimum atomic E-state index is 0.300. The molecule has 0 aliphatic carbocycles. The smallest absolute Gasteiger partial charge is 0.223 e. The van der Waals surface area contributed by atoms with Gasteiger partial charge in [-0.25, -0.2) is 9.97 Å². The highest BCUT2D eigenvalue weighted by Crippen LogP contribution is 2.08. The molecule has 16 heavy (non-hydrogen) atoms. The predicted octanol–water partition coefficient (Wildman–Crippen LogP) is 2.10. The summed E-state index contributed by atoms with van der Waals surface area (Å²) in [5, 5.41) is 3.29. The lowest BCUT2D eigenvalue weighted by Gasteiger charge is -2.15. The van der Waals surface area contributed by atoms with Gasteiger partial charge < -0.3 is 11.1 Å². The van der Waals surface area contributed by atoms with E-state index >= 15 is 0 Å². The Morgan fingerprint density at radius 2 is 2.31 bits per heavy atom. The number of rotatable bonds is 6. The van der Waals surface area contributed by atoms with E-state index in [-0.39, 0.29) is 0 Å². The second-order valence-corrected chi connectivity index (χ2v) is 4.11. The van der Waals surface area contributed by atoms with Gasteiger partial charge in [0.1, 0.15) is 10.7 Å². The zero-order chi connectivity index (χ0) is 12.0. The SMILES string of the molecule is CCCC(CC)Nc1nccc(C(N)=S)n1. The highest BCUT2D eigenvalue weighted by molar-refractivity contribution is 7.80. The van der Waals surface area contributed by atoms with Crippen LogP contribution >= 0.6 is 12.2 Å². The van der Waals surface area contributed by atoms with Crippen molar-refractivity contribution in [2.24, 2.45) is 5.73 Å². The van der Waals surface area contributed by atoms with Gasteiger partial charge in [0.05, 0.1) is 0 Å². The van der Waals surface area contributed by atoms with Gasteiger partial charge in [-0.2, -0.15) is 0 Å². The van der Waals surface area contributed by atoms with Crippen LogP contribution in [0.15, 0.2) is 12.3 Å². The molecule has 0 aromatic carbocycles. The third kappa shape index (κ3) is 3.73. The van der Waals surface area contributed by atoms with Gasteiger partial charge in [-0.05, 0) is 18.9 Å². The number of nitrogens with zero attached hydrogens (tertiary/aromatic N) is 2. The maximum absolute atomic E-state index is 5.52. The standard InChI is InChI=1S/C11H18N4S/c1-3-5-8(4-2)14-11-13-7-6-9(15-11)10(12)16/h6-8H,3-5H2,1-2H3,(H2,12,16)(H,13,14,15). The molecule has 0 spiro atoms. The van der Waals surface area contributed by atoms with Crippen molar-refractivity contribution in [2.75, 3.05) is 5.32 Å². The van der Waals surface area contributed by atoms with Crippen molar-refractivity contribution in [3.05, 3.63) is 18.0 Å². The summed E-state index contributed by atoms with van der Waals surface area (Å²) < 4.78 is 0. The molecule has 1 unspecified atom stereocenters. The van der Waals surface area contributed by atoms with Gasteiger partial charge in [-0.3, -0.25) is 0 Å². The molecule has 88 valence electrons. The molecule has 3 N–H and O–H groups in total. The molecule has 0 fully saturated rings. The summed E-state index contributed by atoms with van der Waals surface area (Å²) in [5.74, 6) is 0.602. The molecule has 0 radical (unpaired) electrons. The summed E-state index contributed by atoms with van der Waals surface area (Å²) >= 11 is 4.87. The molecule has 4 nitrogen and oxygen atoms in total. The molecule has 1 rings (SSSR count). The Kier molecular flexibility index (Phi) is 5.11. The molecule has 0 amide bonds. The van der Waals surface area contributed by atoms with Crippen molar-refractivity contribution >= 4 is 23.2 Å². The van der Waals surface area contributed by atoms with E-state index in [9.17, 15) is 0 Å². The Balaban J connectivity index is 2.72. The molecule has 0 saturated heterocycles. The maximum Gasteiger partial charge on any atom is 0.223 e. The Labute approximate surface area is 102 Å². The molecule has 1 aromatic heterocycles. The monoisotopic (exact) mass is 238 g/mol. The van der Waals surface area contributed by atoms with E-state index in [1.165, 1.54) is 0 Å². The molecule has 0 bridgehead atoms. The van der Waals surface area contributed by atoms with Gasteiger partial charge in [0.15, 0.2) is 0 Å². The molecule has 0 saturated carbocycles. The number of anilines is 1. The second kappa shape index (κ2) is 6.37. The molecule has 0 aliphatic heterocycles. The molecule has 0 aliphatic rings. The van der Waals surface area contributed by atoms with Crippen LogP contribution in [0.3, 0.4) is 0 Å². The second-order valence-electron chi connectivity index (χ2n) is 3.67. The van der Waals surface area contributed by atoms with Gasteiger partial charge in [-0.1, -0.05) is 32.5 Å². The average Bonchev–Trinajstić information content (AvgIpc) is 2.29. The lowest BCUT2D eigenvalue weighted by atomic mass is 10.1. The first-order chi connectivity index (χ1) is 7.67. The topological polar surface area (TPSA) is 63.8 Å². The van der Waals surface area contributed by atoms with E-state index in [0.29, 0.717) is 22.7 Å². The first kappa shape index (κ1) is 12.8. The summed E-state index contributed by atoms with van der Waals surface area (Å²) in [7, 11) is 0. The third-order valence-corrected chi connectivity index (χ3v) is 2.58. The van der Waals surface area contributed by atoms with Crippen LogP contribution in [0.5, 0.6) is 0 Å². The minimum absolute atomic E-state index is 0.300. The van der Waals surface area contributed by atoms with Crippen LogP contribution in [-0.2, 0) is 0 Å². The Hall–Kier alpha value is -1.23. The predicted molar refractivity (Wildman–Crippen MR) is 70.5 cm³/mol. The van der Waals surface area contributed by atoms with Crippen molar-refractivity contribution in [1.82, 2.24) is 9.97 Å². The van der Waals surface area contributed by atoms with Crippen molar-refractivity contribution < 1.29 is 0 Å². The lowest BCUT2D eigenvalue weighted by molar-refractivity contribution is 0.617. The largest absolute Gasteiger partial charge is 0.388 e. The quantitative estimate of drug-likeness (QED) is 0.743. The van der Waals surface area contributed by atoms with Crippen LogP contribution in [0.4, 0.5) is 5.95 Å². The van der Waals surface area contributed by atoms with Gasteiger partial charge in [0, 0.05) is 12.2 Å². The zero-order valence-corrected chi connectivity index (χ0v) is 10.5. The summed E-state index contributed by atoms with van der Waals surface area (Å²) in [6.45, 7) is 4.31. The van der Waals surface area contributed by atoms with Crippen molar-refractivity contribution in [3.63, 3.8) is 0 Å². The Bertz CT molecular complexity index is 354. The summed E-state index contributed by atoms with van der Waals surface area (Å²) in [6, 6.07) is 2.13. The summed E-state index contributed by atoms with van der Waals surface area (Å²) in [5.41, 5.74) is 6.13. The van der Waals surface area contributed by atoms with E-state index in [1.54, 1.807) is 12.3 Å². The van der Waals surface area contributed by atoms with Crippen LogP contribution in [0.25, 0.3) is 0 Å². The van der Waals surface area contributed by atoms with Crippen LogP contribution < -0.4 is 11.1 Å². The minimum Gasteiger partial charge on any atom is -0.388 e. The lowest BCUT2D eigenvalue weighted by Crippen LogP contribution is -2.21. The third-order valence-electron chi connectivity index (χ3n) is 2.37. The van der Waals surface area contributed by atoms with E-state index in [2.05, 4.69) is 29.1 Å². The number of thiocarbonyl (C=S) groups is 1. The maximum atomic E-state index is 5.52. The number of nitrogens with one attached hydrogen (secondary N) is 1. The fourth-order valence-electron chi connectivity index (χ4n) is 1.47. The van der Waals surface area contributed by atoms with Crippen LogP contribution in [-0.4, -0.2) is 21.0 Å². The fraction of sp³-hybridized carbons (Fsp3) is 0.545. The van der Waals surface area contributed by atoms with Crippen LogP contribution in [0.1, 0.15) is 38.8 Å². The zero-order valence-electron chi connectivity index (χ0n) is 9.73. The van der Waals surface area contributed by atoms with E-state index < -0.39 is 0 Å². The molecule has 1 heterocycles. The van der Waals surface area contributed by atoms with E-state index in [4.69, 9.17) is 18.0 Å². The number of hydrogen-bond donors (Lipinski definition) is 2. The number of aromatic nitrogens is 2. The van der Waals surface area contributed by atoms with E-state index in [1.807, 2.05) is 0 Å². The van der Waals surface area contributed by atoms with Gasteiger partial charge in [-0.15, -0.1) is 0 Å².